The molecule has 1 aromatic heterocycles. The lowest BCUT2D eigenvalue weighted by molar-refractivity contribution is 0.175. The van der Waals surface area contributed by atoms with E-state index in [1.807, 2.05) is 30.8 Å². The van der Waals surface area contributed by atoms with Crippen molar-refractivity contribution in [1.82, 2.24) is 9.78 Å². The Hall–Kier alpha value is -1.61. The molecular formula is C16H22N2O. The third kappa shape index (κ3) is 3.04. The van der Waals surface area contributed by atoms with Gasteiger partial charge in [-0.1, -0.05) is 30.7 Å². The van der Waals surface area contributed by atoms with Crippen LogP contribution in [0, 0.1) is 13.8 Å². The molecule has 0 fully saturated rings. The molecule has 19 heavy (non-hydrogen) atoms. The zero-order valence-electron chi connectivity index (χ0n) is 12.1. The lowest BCUT2D eigenvalue weighted by Gasteiger charge is -2.14. The minimum atomic E-state index is -0.472. The van der Waals surface area contributed by atoms with Gasteiger partial charge in [0.2, 0.25) is 0 Å². The van der Waals surface area contributed by atoms with E-state index in [2.05, 4.69) is 31.1 Å². The Labute approximate surface area is 114 Å². The smallest absolute Gasteiger partial charge is 0.0847 e. The number of hydrogen-bond donors (Lipinski definition) is 1. The number of nitrogens with zero attached hydrogens (tertiary/aromatic N) is 2. The fraction of sp³-hybridized carbons (Fsp3) is 0.438. The molecule has 1 aromatic carbocycles. The molecular weight excluding hydrogens is 236 g/mol. The lowest BCUT2D eigenvalue weighted by Crippen LogP contribution is -2.07. The van der Waals surface area contributed by atoms with Crippen molar-refractivity contribution >= 4 is 0 Å². The van der Waals surface area contributed by atoms with Crippen LogP contribution in [-0.2, 0) is 19.9 Å². The third-order valence-corrected chi connectivity index (χ3v) is 3.58. The van der Waals surface area contributed by atoms with Crippen LogP contribution in [0.4, 0.5) is 0 Å². The van der Waals surface area contributed by atoms with Crippen molar-refractivity contribution < 1.29 is 5.11 Å². The number of aliphatic hydroxyl groups is 1. The highest BCUT2D eigenvalue weighted by Crippen LogP contribution is 2.22. The molecule has 0 aliphatic carbocycles. The predicted molar refractivity (Wildman–Crippen MR) is 77.2 cm³/mol. The van der Waals surface area contributed by atoms with Gasteiger partial charge in [-0.25, -0.2) is 0 Å². The second kappa shape index (κ2) is 5.57. The maximum Gasteiger partial charge on any atom is 0.0847 e. The minimum absolute atomic E-state index is 0.472. The Morgan fingerprint density at radius 1 is 1.26 bits per heavy atom. The Morgan fingerprint density at radius 3 is 2.58 bits per heavy atom. The van der Waals surface area contributed by atoms with Crippen molar-refractivity contribution in [3.8, 4) is 0 Å². The molecule has 1 unspecified atom stereocenters. The van der Waals surface area contributed by atoms with Crippen molar-refractivity contribution in [3.63, 3.8) is 0 Å². The van der Waals surface area contributed by atoms with Gasteiger partial charge in [0, 0.05) is 19.2 Å². The predicted octanol–water partition coefficient (Wildman–Crippen LogP) is 2.88. The summed E-state index contributed by atoms with van der Waals surface area (Å²) in [6.07, 6.45) is 1.06. The number of rotatable bonds is 4. The van der Waals surface area contributed by atoms with Crippen LogP contribution in [0.1, 0.15) is 41.1 Å². The van der Waals surface area contributed by atoms with Crippen molar-refractivity contribution in [2.45, 2.75) is 39.7 Å². The van der Waals surface area contributed by atoms with Crippen molar-refractivity contribution in [2.75, 3.05) is 0 Å². The summed E-state index contributed by atoms with van der Waals surface area (Å²) in [5, 5.41) is 14.8. The van der Waals surface area contributed by atoms with E-state index in [0.29, 0.717) is 6.42 Å². The van der Waals surface area contributed by atoms with Crippen LogP contribution in [-0.4, -0.2) is 14.9 Å². The van der Waals surface area contributed by atoms with Gasteiger partial charge >= 0.3 is 0 Å². The fourth-order valence-electron chi connectivity index (χ4n) is 2.44. The summed E-state index contributed by atoms with van der Waals surface area (Å²) in [5.74, 6) is 0. The zero-order valence-corrected chi connectivity index (χ0v) is 12.1. The number of benzene rings is 1. The molecule has 102 valence electrons. The second-order valence-electron chi connectivity index (χ2n) is 5.18. The van der Waals surface area contributed by atoms with Crippen LogP contribution < -0.4 is 0 Å². The van der Waals surface area contributed by atoms with Gasteiger partial charge in [0.1, 0.15) is 0 Å². The van der Waals surface area contributed by atoms with E-state index in [9.17, 15) is 5.11 Å². The highest BCUT2D eigenvalue weighted by molar-refractivity contribution is 5.32. The summed E-state index contributed by atoms with van der Waals surface area (Å²) in [5.41, 5.74) is 5.52. The topological polar surface area (TPSA) is 38.0 Å². The highest BCUT2D eigenvalue weighted by Gasteiger charge is 2.14. The first-order valence-electron chi connectivity index (χ1n) is 6.78. The Bertz CT molecular complexity index is 572. The summed E-state index contributed by atoms with van der Waals surface area (Å²) < 4.78 is 1.87. The number of hydrogen-bond acceptors (Lipinski definition) is 2. The summed E-state index contributed by atoms with van der Waals surface area (Å²) >= 11 is 0. The maximum absolute atomic E-state index is 10.4. The molecule has 0 amide bonds. The van der Waals surface area contributed by atoms with Crippen molar-refractivity contribution in [2.24, 2.45) is 7.05 Å². The van der Waals surface area contributed by atoms with Gasteiger partial charge in [-0.15, -0.1) is 0 Å². The molecule has 0 saturated carbocycles. The van der Waals surface area contributed by atoms with Crippen molar-refractivity contribution in [1.29, 1.82) is 0 Å². The SMILES string of the molecule is CCc1cc(CC(O)c2ccc(C)cc2C)n(C)n1. The van der Waals surface area contributed by atoms with Gasteiger partial charge in [0.25, 0.3) is 0 Å². The molecule has 1 atom stereocenters. The van der Waals surface area contributed by atoms with Gasteiger partial charge in [-0.2, -0.15) is 5.10 Å². The van der Waals surface area contributed by atoms with Gasteiger partial charge in [-0.05, 0) is 37.5 Å². The Balaban J connectivity index is 2.20. The quantitative estimate of drug-likeness (QED) is 0.915. The zero-order chi connectivity index (χ0) is 14.0. The van der Waals surface area contributed by atoms with E-state index < -0.39 is 6.10 Å². The molecule has 2 rings (SSSR count). The van der Waals surface area contributed by atoms with Gasteiger partial charge in [0.05, 0.1) is 11.8 Å². The van der Waals surface area contributed by atoms with Crippen LogP contribution in [0.5, 0.6) is 0 Å². The molecule has 3 nitrogen and oxygen atoms in total. The van der Waals surface area contributed by atoms with Crippen LogP contribution in [0.2, 0.25) is 0 Å². The van der Waals surface area contributed by atoms with E-state index in [1.54, 1.807) is 0 Å². The molecule has 0 saturated heterocycles. The summed E-state index contributed by atoms with van der Waals surface area (Å²) in [4.78, 5) is 0. The van der Waals surface area contributed by atoms with E-state index >= 15 is 0 Å². The molecule has 0 radical (unpaired) electrons. The van der Waals surface area contributed by atoms with Crippen LogP contribution in [0.25, 0.3) is 0 Å². The number of aryl methyl sites for hydroxylation is 4. The van der Waals surface area contributed by atoms with Gasteiger partial charge in [0.15, 0.2) is 0 Å². The Kier molecular flexibility index (Phi) is 4.05. The standard InChI is InChI=1S/C16H22N2O/c1-5-13-9-14(18(4)17-13)10-16(19)15-7-6-11(2)8-12(15)3/h6-9,16,19H,5,10H2,1-4H3. The fourth-order valence-corrected chi connectivity index (χ4v) is 2.44. The first-order chi connectivity index (χ1) is 9.01. The third-order valence-electron chi connectivity index (χ3n) is 3.58. The van der Waals surface area contributed by atoms with Crippen LogP contribution in [0.3, 0.4) is 0 Å². The molecule has 0 bridgehead atoms. The van der Waals surface area contributed by atoms with E-state index in [-0.39, 0.29) is 0 Å². The lowest BCUT2D eigenvalue weighted by atomic mass is 9.98. The van der Waals surface area contributed by atoms with Crippen LogP contribution >= 0.6 is 0 Å². The van der Waals surface area contributed by atoms with Gasteiger partial charge in [-0.3, -0.25) is 4.68 Å². The average molecular weight is 258 g/mol. The van der Waals surface area contributed by atoms with E-state index in [4.69, 9.17) is 0 Å². The molecule has 0 aliphatic rings. The normalized spacial score (nSPS) is 12.7. The van der Waals surface area contributed by atoms with E-state index in [1.165, 1.54) is 5.56 Å². The number of aliphatic hydroxyl groups excluding tert-OH is 1. The second-order valence-corrected chi connectivity index (χ2v) is 5.18. The molecule has 0 spiro atoms. The highest BCUT2D eigenvalue weighted by atomic mass is 16.3. The van der Waals surface area contributed by atoms with Crippen LogP contribution in [0.15, 0.2) is 24.3 Å². The summed E-state index contributed by atoms with van der Waals surface area (Å²) in [6, 6.07) is 8.25. The van der Waals surface area contributed by atoms with E-state index in [0.717, 1.165) is 28.9 Å². The van der Waals surface area contributed by atoms with Crippen molar-refractivity contribution in [3.05, 3.63) is 52.3 Å². The molecule has 0 aliphatic heterocycles. The Morgan fingerprint density at radius 2 is 2.00 bits per heavy atom. The molecule has 3 heteroatoms. The largest absolute Gasteiger partial charge is 0.388 e. The first kappa shape index (κ1) is 13.8. The minimum Gasteiger partial charge on any atom is -0.388 e. The molecule has 1 N–H and O–H groups in total. The first-order valence-corrected chi connectivity index (χ1v) is 6.78. The maximum atomic E-state index is 10.4. The summed E-state index contributed by atoms with van der Waals surface area (Å²) in [7, 11) is 1.93. The van der Waals surface area contributed by atoms with Gasteiger partial charge < -0.3 is 5.11 Å². The number of aromatic nitrogens is 2. The monoisotopic (exact) mass is 258 g/mol. The molecule has 2 aromatic rings. The molecule has 1 heterocycles. The summed E-state index contributed by atoms with van der Waals surface area (Å²) in [6.45, 7) is 6.21. The average Bonchev–Trinajstić information content (AvgIpc) is 2.70.